The molecule has 0 saturated heterocycles. The lowest BCUT2D eigenvalue weighted by molar-refractivity contribution is -0.139. The predicted molar refractivity (Wildman–Crippen MR) is 102 cm³/mol. The van der Waals surface area contributed by atoms with Gasteiger partial charge in [0.15, 0.2) is 0 Å². The molecule has 0 unspecified atom stereocenters. The average molecular weight is 396 g/mol. The summed E-state index contributed by atoms with van der Waals surface area (Å²) in [6.45, 7) is 11.7. The number of aryl methyl sites for hydroxylation is 3. The smallest absolute Gasteiger partial charge is 0.362 e. The third kappa shape index (κ3) is 7.13. The largest absolute Gasteiger partial charge is 0.460 e. The van der Waals surface area contributed by atoms with Gasteiger partial charge in [-0.15, -0.1) is 0 Å². The van der Waals surface area contributed by atoms with Crippen LogP contribution >= 0.6 is 7.60 Å². The maximum absolute atomic E-state index is 13.4. The van der Waals surface area contributed by atoms with Crippen molar-refractivity contribution in [3.8, 4) is 0 Å². The highest BCUT2D eigenvalue weighted by molar-refractivity contribution is 7.62. The first-order chi connectivity index (χ1) is 12.7. The van der Waals surface area contributed by atoms with E-state index < -0.39 is 19.5 Å². The quantitative estimate of drug-likeness (QED) is 0.246. The van der Waals surface area contributed by atoms with E-state index in [0.717, 1.165) is 28.8 Å². The van der Waals surface area contributed by atoms with E-state index in [1.807, 2.05) is 32.9 Å². The van der Waals surface area contributed by atoms with Crippen LogP contribution in [-0.2, 0) is 32.7 Å². The molecule has 0 radical (unpaired) electrons. The van der Waals surface area contributed by atoms with Gasteiger partial charge in [-0.25, -0.2) is 9.59 Å². The lowest BCUT2D eigenvalue weighted by Gasteiger charge is -2.22. The molecule has 0 aromatic heterocycles. The molecule has 0 spiro atoms. The van der Waals surface area contributed by atoms with Crippen LogP contribution in [0, 0.1) is 20.8 Å². The summed E-state index contributed by atoms with van der Waals surface area (Å²) < 4.78 is 34.1. The summed E-state index contributed by atoms with van der Waals surface area (Å²) in [6.07, 6.45) is 2.05. The van der Waals surface area contributed by atoms with Gasteiger partial charge in [0.25, 0.3) is 0 Å². The van der Waals surface area contributed by atoms with Crippen LogP contribution in [0.2, 0.25) is 0 Å². The second-order valence-electron chi connectivity index (χ2n) is 5.65. The molecule has 1 aromatic rings. The zero-order valence-corrected chi connectivity index (χ0v) is 16.8. The summed E-state index contributed by atoms with van der Waals surface area (Å²) in [5.41, 5.74) is 2.52. The Hall–Kier alpha value is -2.21. The number of carbonyl (C=O) groups is 2. The fourth-order valence-corrected chi connectivity index (χ4v) is 4.44. The van der Waals surface area contributed by atoms with Gasteiger partial charge in [-0.2, -0.15) is 0 Å². The topological polar surface area (TPSA) is 88.1 Å². The Morgan fingerprint density at radius 1 is 0.889 bits per heavy atom. The summed E-state index contributed by atoms with van der Waals surface area (Å²) in [5.74, 6) is -1.21. The van der Waals surface area contributed by atoms with Crippen LogP contribution < -0.4 is 5.30 Å². The molecule has 0 aliphatic carbocycles. The summed E-state index contributed by atoms with van der Waals surface area (Å²) >= 11 is 0. The molecule has 148 valence electrons. The highest BCUT2D eigenvalue weighted by Gasteiger charge is 2.31. The second kappa shape index (κ2) is 10.8. The third-order valence-electron chi connectivity index (χ3n) is 3.42. The number of benzene rings is 1. The van der Waals surface area contributed by atoms with E-state index >= 15 is 0 Å². The van der Waals surface area contributed by atoms with Crippen molar-refractivity contribution in [2.45, 2.75) is 20.8 Å². The number of rotatable bonds is 11. The zero-order chi connectivity index (χ0) is 20.4. The van der Waals surface area contributed by atoms with Crippen molar-refractivity contribution in [3.63, 3.8) is 0 Å². The van der Waals surface area contributed by atoms with Crippen molar-refractivity contribution in [2.24, 2.45) is 0 Å². The number of hydrogen-bond donors (Lipinski definition) is 0. The van der Waals surface area contributed by atoms with E-state index in [4.69, 9.17) is 18.5 Å². The molecule has 8 heteroatoms. The molecular weight excluding hydrogens is 371 g/mol. The Bertz CT molecular complexity index is 699. The Morgan fingerprint density at radius 3 is 1.67 bits per heavy atom. The van der Waals surface area contributed by atoms with Gasteiger partial charge >= 0.3 is 19.5 Å². The van der Waals surface area contributed by atoms with Crippen LogP contribution in [0.4, 0.5) is 0 Å². The standard InChI is InChI=1S/C19H25O7P/c1-6-17(20)23-8-10-25-27(22,26-11-9-24-18(21)7-2)19-15(4)12-14(3)13-16(19)5/h6-7,12-13H,1-2,8-11H2,3-5H3. The Balaban J connectivity index is 2.93. The molecule has 0 aliphatic rings. The molecule has 0 bridgehead atoms. The lowest BCUT2D eigenvalue weighted by atomic mass is 10.1. The number of ether oxygens (including phenoxy) is 2. The van der Waals surface area contributed by atoms with Crippen LogP contribution in [0.15, 0.2) is 37.4 Å². The van der Waals surface area contributed by atoms with Gasteiger partial charge in [-0.3, -0.25) is 4.57 Å². The molecule has 0 N–H and O–H groups in total. The van der Waals surface area contributed by atoms with Gasteiger partial charge in [-0.1, -0.05) is 30.9 Å². The zero-order valence-electron chi connectivity index (χ0n) is 15.9. The normalized spacial score (nSPS) is 10.9. The minimum absolute atomic E-state index is 0.104. The van der Waals surface area contributed by atoms with Crippen LogP contribution in [-0.4, -0.2) is 38.4 Å². The molecule has 0 aliphatic heterocycles. The van der Waals surface area contributed by atoms with E-state index in [-0.39, 0.29) is 26.4 Å². The van der Waals surface area contributed by atoms with Crippen molar-refractivity contribution >= 4 is 24.8 Å². The first-order valence-electron chi connectivity index (χ1n) is 8.29. The highest BCUT2D eigenvalue weighted by Crippen LogP contribution is 2.48. The molecule has 0 saturated carbocycles. The second-order valence-corrected chi connectivity index (χ2v) is 7.61. The summed E-state index contributed by atoms with van der Waals surface area (Å²) in [7, 11) is -3.74. The lowest BCUT2D eigenvalue weighted by Crippen LogP contribution is -2.20. The Morgan fingerprint density at radius 2 is 1.30 bits per heavy atom. The van der Waals surface area contributed by atoms with E-state index in [0.29, 0.717) is 5.30 Å². The van der Waals surface area contributed by atoms with E-state index in [2.05, 4.69) is 13.2 Å². The first kappa shape index (κ1) is 22.8. The van der Waals surface area contributed by atoms with Gasteiger partial charge in [0.2, 0.25) is 0 Å². The molecule has 0 atom stereocenters. The molecule has 1 aromatic carbocycles. The third-order valence-corrected chi connectivity index (χ3v) is 5.72. The minimum Gasteiger partial charge on any atom is -0.460 e. The summed E-state index contributed by atoms with van der Waals surface area (Å²) in [5, 5.41) is 0.443. The molecule has 0 heterocycles. The van der Waals surface area contributed by atoms with Crippen molar-refractivity contribution in [1.29, 1.82) is 0 Å². The Labute approximate surface area is 159 Å². The fraction of sp³-hybridized carbons (Fsp3) is 0.368. The summed E-state index contributed by atoms with van der Waals surface area (Å²) in [6, 6.07) is 3.74. The van der Waals surface area contributed by atoms with Crippen LogP contribution in [0.3, 0.4) is 0 Å². The number of hydrogen-bond acceptors (Lipinski definition) is 7. The van der Waals surface area contributed by atoms with Crippen molar-refractivity contribution in [3.05, 3.63) is 54.1 Å². The molecule has 0 amide bonds. The average Bonchev–Trinajstić information content (AvgIpc) is 2.61. The molecule has 1 rings (SSSR count). The van der Waals surface area contributed by atoms with E-state index in [1.165, 1.54) is 0 Å². The fourth-order valence-electron chi connectivity index (χ4n) is 2.49. The van der Waals surface area contributed by atoms with Gasteiger partial charge in [0.1, 0.15) is 13.2 Å². The van der Waals surface area contributed by atoms with Gasteiger partial charge < -0.3 is 18.5 Å². The number of carbonyl (C=O) groups excluding carboxylic acids is 2. The molecule has 27 heavy (non-hydrogen) atoms. The van der Waals surface area contributed by atoms with Crippen LogP contribution in [0.1, 0.15) is 16.7 Å². The van der Waals surface area contributed by atoms with Gasteiger partial charge in [-0.05, 0) is 31.9 Å². The van der Waals surface area contributed by atoms with Crippen molar-refractivity contribution in [1.82, 2.24) is 0 Å². The van der Waals surface area contributed by atoms with E-state index in [1.54, 1.807) is 0 Å². The number of esters is 2. The molecular formula is C19H25O7P. The SMILES string of the molecule is C=CC(=O)OCCOP(=O)(OCCOC(=O)C=C)c1c(C)cc(C)cc1C. The van der Waals surface area contributed by atoms with Crippen molar-refractivity contribution < 1.29 is 32.7 Å². The van der Waals surface area contributed by atoms with Crippen molar-refractivity contribution in [2.75, 3.05) is 26.4 Å². The van der Waals surface area contributed by atoms with E-state index in [9.17, 15) is 14.2 Å². The maximum atomic E-state index is 13.4. The van der Waals surface area contributed by atoms with Gasteiger partial charge in [0, 0.05) is 12.2 Å². The monoisotopic (exact) mass is 396 g/mol. The maximum Gasteiger partial charge on any atom is 0.362 e. The van der Waals surface area contributed by atoms with Crippen LogP contribution in [0.5, 0.6) is 0 Å². The van der Waals surface area contributed by atoms with Crippen LogP contribution in [0.25, 0.3) is 0 Å². The highest BCUT2D eigenvalue weighted by atomic mass is 31.2. The minimum atomic E-state index is -3.74. The van der Waals surface area contributed by atoms with Gasteiger partial charge in [0.05, 0.1) is 18.5 Å². The first-order valence-corrected chi connectivity index (χ1v) is 9.83. The molecule has 0 fully saturated rings. The Kier molecular flexibility index (Phi) is 9.15. The summed E-state index contributed by atoms with van der Waals surface area (Å²) in [4.78, 5) is 22.2. The molecule has 7 nitrogen and oxygen atoms in total. The predicted octanol–water partition coefficient (Wildman–Crippen LogP) is 2.92.